The van der Waals surface area contributed by atoms with Gasteiger partial charge in [-0.15, -0.1) is 0 Å². The Labute approximate surface area is 264 Å². The van der Waals surface area contributed by atoms with E-state index in [4.69, 9.17) is 4.43 Å². The van der Waals surface area contributed by atoms with Crippen LogP contribution >= 0.6 is 0 Å². The number of rotatable bonds is 14. The average molecular weight is 634 g/mol. The molecule has 1 aliphatic rings. The van der Waals surface area contributed by atoms with Crippen LogP contribution in [0.4, 0.5) is 13.2 Å². The maximum Gasteiger partial charge on any atom is 0.416 e. The Bertz CT molecular complexity index is 1160. The summed E-state index contributed by atoms with van der Waals surface area (Å²) in [5, 5.41) is 9.51. The van der Waals surface area contributed by atoms with Gasteiger partial charge in [0.1, 0.15) is 0 Å². The maximum atomic E-state index is 13.4. The molecule has 44 heavy (non-hydrogen) atoms. The van der Waals surface area contributed by atoms with Crippen LogP contribution in [-0.4, -0.2) is 30.8 Å². The van der Waals surface area contributed by atoms with Gasteiger partial charge in [0, 0.05) is 18.5 Å². The molecule has 3 rings (SSSR count). The summed E-state index contributed by atoms with van der Waals surface area (Å²) in [6, 6.07) is 14.1. The van der Waals surface area contributed by atoms with Gasteiger partial charge in [0.05, 0.1) is 12.2 Å². The van der Waals surface area contributed by atoms with Crippen molar-refractivity contribution in [2.45, 2.75) is 129 Å². The van der Waals surface area contributed by atoms with E-state index in [2.05, 4.69) is 84.6 Å². The third kappa shape index (κ3) is 8.97. The molecule has 0 unspecified atom stereocenters. The van der Waals surface area contributed by atoms with Crippen LogP contribution < -0.4 is 0 Å². The molecule has 1 N–H and O–H groups in total. The summed E-state index contributed by atoms with van der Waals surface area (Å²) < 4.78 is 46.9. The van der Waals surface area contributed by atoms with Crippen LogP contribution in [0.2, 0.25) is 16.6 Å². The highest BCUT2D eigenvalue weighted by molar-refractivity contribution is 6.77. The quantitative estimate of drug-likeness (QED) is 0.210. The Morgan fingerprint density at radius 2 is 1.48 bits per heavy atom. The van der Waals surface area contributed by atoms with Gasteiger partial charge in [0.2, 0.25) is 8.32 Å². The van der Waals surface area contributed by atoms with Gasteiger partial charge in [-0.05, 0) is 89.5 Å². The number of alkyl halides is 3. The minimum absolute atomic E-state index is 0.0198. The molecular weight excluding hydrogens is 579 g/mol. The molecule has 1 fully saturated rings. The van der Waals surface area contributed by atoms with Gasteiger partial charge in [0.25, 0.3) is 0 Å². The monoisotopic (exact) mass is 633 g/mol. The number of hydrogen-bond donors (Lipinski definition) is 1. The summed E-state index contributed by atoms with van der Waals surface area (Å²) in [4.78, 5) is 14.0. The van der Waals surface area contributed by atoms with Crippen LogP contribution in [0.25, 0.3) is 0 Å². The number of likely N-dealkylation sites (tertiary alicyclic amines) is 1. The molecule has 4 nitrogen and oxygen atoms in total. The molecular formula is C36H54F3NO3Si. The number of benzene rings is 2. The Kier molecular flexibility index (Phi) is 12.7. The molecule has 246 valence electrons. The van der Waals surface area contributed by atoms with Crippen LogP contribution in [-0.2, 0) is 22.0 Å². The van der Waals surface area contributed by atoms with Crippen molar-refractivity contribution in [3.63, 3.8) is 0 Å². The molecule has 0 aliphatic carbocycles. The number of nitrogens with zero attached hydrogens (tertiary/aromatic N) is 1. The molecule has 3 atom stereocenters. The van der Waals surface area contributed by atoms with E-state index < -0.39 is 26.0 Å². The second-order valence-electron chi connectivity index (χ2n) is 14.2. The molecule has 1 aliphatic heterocycles. The van der Waals surface area contributed by atoms with Crippen molar-refractivity contribution >= 4 is 14.3 Å². The first-order chi connectivity index (χ1) is 20.6. The number of carbonyl (C=O) groups is 1. The largest absolute Gasteiger partial charge is 0.481 e. The summed E-state index contributed by atoms with van der Waals surface area (Å²) in [6.45, 7) is 19.5. The van der Waals surface area contributed by atoms with Gasteiger partial charge in [0.15, 0.2) is 0 Å². The third-order valence-corrected chi connectivity index (χ3v) is 15.9. The number of hydrogen-bond acceptors (Lipinski definition) is 3. The van der Waals surface area contributed by atoms with E-state index >= 15 is 0 Å². The molecule has 0 saturated carbocycles. The normalized spacial score (nSPS) is 19.3. The van der Waals surface area contributed by atoms with Crippen molar-refractivity contribution in [1.82, 2.24) is 4.90 Å². The predicted octanol–water partition coefficient (Wildman–Crippen LogP) is 10.8. The van der Waals surface area contributed by atoms with E-state index in [0.717, 1.165) is 42.5 Å². The van der Waals surface area contributed by atoms with Gasteiger partial charge in [-0.1, -0.05) is 91.8 Å². The van der Waals surface area contributed by atoms with Crippen LogP contribution in [0.1, 0.15) is 122 Å². The van der Waals surface area contributed by atoms with Gasteiger partial charge in [-0.3, -0.25) is 9.69 Å². The zero-order valence-corrected chi connectivity index (χ0v) is 29.0. The molecule has 0 bridgehead atoms. The van der Waals surface area contributed by atoms with Crippen molar-refractivity contribution in [3.8, 4) is 0 Å². The SMILES string of the molecule is CC(C)CC[C@H](c1ccc(CO[Si](C(C)C)(C(C)C)C(C)C)cc1)N1CC[C@@H](CC(=O)O)C[C@H]1c1ccc(C(F)(F)F)cc1. The molecule has 1 heterocycles. The lowest BCUT2D eigenvalue weighted by atomic mass is 9.82. The first kappa shape index (κ1) is 36.3. The van der Waals surface area contributed by atoms with E-state index in [1.54, 1.807) is 12.1 Å². The zero-order chi connectivity index (χ0) is 32.8. The summed E-state index contributed by atoms with van der Waals surface area (Å²) >= 11 is 0. The minimum atomic E-state index is -4.40. The lowest BCUT2D eigenvalue weighted by Gasteiger charge is -2.44. The molecule has 8 heteroatoms. The fourth-order valence-corrected chi connectivity index (χ4v) is 13.1. The standard InChI is InChI=1S/C36H54F3NO3Si/c1-24(2)9-18-33(30-12-10-28(11-13-30)23-43-44(25(3)4,26(5)6)27(7)8)40-20-19-29(22-35(41)42)21-34(40)31-14-16-32(17-15-31)36(37,38)39/h10-17,24-27,29,33-34H,9,18-23H2,1-8H3,(H,41,42)/t29-,33-,34+/m1/s1. The average Bonchev–Trinajstić information content (AvgIpc) is 2.93. The predicted molar refractivity (Wildman–Crippen MR) is 175 cm³/mol. The second kappa shape index (κ2) is 15.4. The Morgan fingerprint density at radius 1 is 0.909 bits per heavy atom. The fraction of sp³-hybridized carbons (Fsp3) is 0.639. The van der Waals surface area contributed by atoms with Crippen molar-refractivity contribution in [2.24, 2.45) is 11.8 Å². The molecule has 0 spiro atoms. The van der Waals surface area contributed by atoms with Crippen molar-refractivity contribution in [3.05, 3.63) is 70.8 Å². The summed E-state index contributed by atoms with van der Waals surface area (Å²) in [5.74, 6) is -0.350. The molecule has 0 amide bonds. The summed E-state index contributed by atoms with van der Waals surface area (Å²) in [5.41, 5.74) is 4.00. The van der Waals surface area contributed by atoms with Gasteiger partial charge in [-0.2, -0.15) is 13.2 Å². The minimum Gasteiger partial charge on any atom is -0.481 e. The van der Waals surface area contributed by atoms with E-state index in [1.165, 1.54) is 5.56 Å². The van der Waals surface area contributed by atoms with E-state index in [0.29, 0.717) is 42.1 Å². The van der Waals surface area contributed by atoms with Crippen LogP contribution in [0, 0.1) is 11.8 Å². The highest BCUT2D eigenvalue weighted by Gasteiger charge is 2.45. The Morgan fingerprint density at radius 3 is 1.95 bits per heavy atom. The number of carboxylic acid groups (broad SMARTS) is 1. The number of carboxylic acids is 1. The third-order valence-electron chi connectivity index (χ3n) is 9.82. The van der Waals surface area contributed by atoms with Gasteiger partial charge < -0.3 is 9.53 Å². The summed E-state index contributed by atoms with van der Waals surface area (Å²) in [6.07, 6.45) is -1.05. The lowest BCUT2D eigenvalue weighted by molar-refractivity contribution is -0.139. The van der Waals surface area contributed by atoms with Crippen molar-refractivity contribution in [2.75, 3.05) is 6.54 Å². The number of piperidine rings is 1. The fourth-order valence-electron chi connectivity index (χ4n) is 7.64. The number of aliphatic carboxylic acids is 1. The topological polar surface area (TPSA) is 49.8 Å². The highest BCUT2D eigenvalue weighted by Crippen LogP contribution is 2.45. The first-order valence-corrected chi connectivity index (χ1v) is 18.6. The van der Waals surface area contributed by atoms with E-state index in [1.807, 2.05) is 0 Å². The zero-order valence-electron chi connectivity index (χ0n) is 28.0. The molecule has 1 saturated heterocycles. The maximum absolute atomic E-state index is 13.4. The van der Waals surface area contributed by atoms with Gasteiger partial charge >= 0.3 is 12.1 Å². The summed E-state index contributed by atoms with van der Waals surface area (Å²) in [7, 11) is -2.00. The van der Waals surface area contributed by atoms with Crippen molar-refractivity contribution in [1.29, 1.82) is 0 Å². The first-order valence-electron chi connectivity index (χ1n) is 16.4. The molecule has 0 radical (unpaired) electrons. The van der Waals surface area contributed by atoms with Crippen LogP contribution in [0.3, 0.4) is 0 Å². The molecule has 2 aromatic rings. The smallest absolute Gasteiger partial charge is 0.416 e. The second-order valence-corrected chi connectivity index (χ2v) is 19.7. The van der Waals surface area contributed by atoms with Crippen LogP contribution in [0.5, 0.6) is 0 Å². The van der Waals surface area contributed by atoms with E-state index in [-0.39, 0.29) is 24.4 Å². The molecule has 0 aromatic heterocycles. The van der Waals surface area contributed by atoms with E-state index in [9.17, 15) is 23.1 Å². The van der Waals surface area contributed by atoms with Gasteiger partial charge in [-0.25, -0.2) is 0 Å². The lowest BCUT2D eigenvalue weighted by Crippen LogP contribution is -2.47. The molecule has 2 aromatic carbocycles. The van der Waals surface area contributed by atoms with Crippen molar-refractivity contribution < 1.29 is 27.5 Å². The van der Waals surface area contributed by atoms with Crippen LogP contribution in [0.15, 0.2) is 48.5 Å². The Balaban J connectivity index is 1.93. The number of halogens is 3. The highest BCUT2D eigenvalue weighted by atomic mass is 28.4. The Hall–Kier alpha value is -2.16.